The number of primary amides is 1. The fourth-order valence-corrected chi connectivity index (χ4v) is 3.36. The molecule has 11 heteroatoms. The molecule has 2 atom stereocenters. The molecule has 4 amide bonds. The van der Waals surface area contributed by atoms with Crippen molar-refractivity contribution in [3.05, 3.63) is 29.3 Å². The first-order valence-corrected chi connectivity index (χ1v) is 11.5. The quantitative estimate of drug-likeness (QED) is 0.373. The summed E-state index contributed by atoms with van der Waals surface area (Å²) in [5.41, 5.74) is 4.26. The molecule has 1 aromatic rings. The SMILES string of the molecule is Cc1cccc(C(C(=O)NC(C)(C)C)N(CC#N)C(=O)C(CCC(N)=O)NC(=O)OC(C)(C)C)c1O. The molecule has 0 aromatic heterocycles. The van der Waals surface area contributed by atoms with E-state index in [1.165, 1.54) is 6.07 Å². The predicted octanol–water partition coefficient (Wildman–Crippen LogP) is 2.17. The van der Waals surface area contributed by atoms with E-state index in [4.69, 9.17) is 10.5 Å². The second kappa shape index (κ2) is 12.2. The normalized spacial score (nSPS) is 13.1. The Morgan fingerprint density at radius 2 is 1.78 bits per heavy atom. The first-order chi connectivity index (χ1) is 16.5. The molecule has 5 N–H and O–H groups in total. The summed E-state index contributed by atoms with van der Waals surface area (Å²) in [4.78, 5) is 52.0. The molecule has 1 aromatic carbocycles. The molecule has 0 radical (unpaired) electrons. The lowest BCUT2D eigenvalue weighted by Crippen LogP contribution is -2.54. The van der Waals surface area contributed by atoms with Crippen LogP contribution in [0.1, 0.15) is 71.6 Å². The maximum absolute atomic E-state index is 13.7. The van der Waals surface area contributed by atoms with Crippen molar-refractivity contribution >= 4 is 23.8 Å². The number of nitrogens with one attached hydrogen (secondary N) is 2. The van der Waals surface area contributed by atoms with E-state index in [1.807, 2.05) is 6.07 Å². The molecule has 36 heavy (non-hydrogen) atoms. The highest BCUT2D eigenvalue weighted by atomic mass is 16.6. The number of carbonyl (C=O) groups excluding carboxylic acids is 4. The molecule has 0 fully saturated rings. The van der Waals surface area contributed by atoms with Gasteiger partial charge in [0.2, 0.25) is 17.7 Å². The summed E-state index contributed by atoms with van der Waals surface area (Å²) in [6.45, 7) is 11.2. The molecule has 2 unspecified atom stereocenters. The van der Waals surface area contributed by atoms with Gasteiger partial charge in [-0.3, -0.25) is 14.4 Å². The highest BCUT2D eigenvalue weighted by Crippen LogP contribution is 2.32. The molecule has 11 nitrogen and oxygen atoms in total. The summed E-state index contributed by atoms with van der Waals surface area (Å²) < 4.78 is 5.24. The number of amides is 4. The number of nitrogens with two attached hydrogens (primary N) is 1. The van der Waals surface area contributed by atoms with E-state index < -0.39 is 53.6 Å². The van der Waals surface area contributed by atoms with Crippen LogP contribution < -0.4 is 16.4 Å². The monoisotopic (exact) mass is 503 g/mol. The minimum atomic E-state index is -1.41. The van der Waals surface area contributed by atoms with Crippen LogP contribution in [0, 0.1) is 18.3 Å². The van der Waals surface area contributed by atoms with Crippen molar-refractivity contribution in [2.45, 2.75) is 84.5 Å². The Hall–Kier alpha value is -3.81. The molecule has 0 saturated carbocycles. The van der Waals surface area contributed by atoms with Gasteiger partial charge in [-0.25, -0.2) is 4.79 Å². The number of phenolic OH excluding ortho intramolecular Hbond substituents is 1. The molecule has 0 spiro atoms. The molecule has 0 aliphatic carbocycles. The number of alkyl carbamates (subject to hydrolysis) is 1. The van der Waals surface area contributed by atoms with Crippen molar-refractivity contribution in [1.29, 1.82) is 5.26 Å². The van der Waals surface area contributed by atoms with E-state index in [0.717, 1.165) is 4.90 Å². The van der Waals surface area contributed by atoms with Gasteiger partial charge in [0, 0.05) is 17.5 Å². The van der Waals surface area contributed by atoms with Crippen LogP contribution in [-0.2, 0) is 19.1 Å². The first kappa shape index (κ1) is 30.2. The molecular formula is C25H37N5O6. The van der Waals surface area contributed by atoms with E-state index in [9.17, 15) is 29.5 Å². The van der Waals surface area contributed by atoms with Gasteiger partial charge < -0.3 is 31.1 Å². The van der Waals surface area contributed by atoms with Crippen molar-refractivity contribution in [3.63, 3.8) is 0 Å². The van der Waals surface area contributed by atoms with Gasteiger partial charge >= 0.3 is 6.09 Å². The lowest BCUT2D eigenvalue weighted by Gasteiger charge is -2.35. The van der Waals surface area contributed by atoms with E-state index in [0.29, 0.717) is 5.56 Å². The number of aryl methyl sites for hydroxylation is 1. The van der Waals surface area contributed by atoms with Crippen LogP contribution in [0.5, 0.6) is 5.75 Å². The number of para-hydroxylation sites is 1. The third-order valence-corrected chi connectivity index (χ3v) is 4.81. The van der Waals surface area contributed by atoms with Crippen LogP contribution >= 0.6 is 0 Å². The molecule has 198 valence electrons. The number of rotatable bonds is 9. The zero-order chi connectivity index (χ0) is 27.8. The Bertz CT molecular complexity index is 1020. The number of aromatic hydroxyl groups is 1. The van der Waals surface area contributed by atoms with Crippen molar-refractivity contribution < 1.29 is 29.0 Å². The smallest absolute Gasteiger partial charge is 0.408 e. The van der Waals surface area contributed by atoms with Gasteiger partial charge in [-0.1, -0.05) is 18.2 Å². The lowest BCUT2D eigenvalue weighted by atomic mass is 9.97. The zero-order valence-electron chi connectivity index (χ0n) is 22.0. The number of carbonyl (C=O) groups is 4. The van der Waals surface area contributed by atoms with Gasteiger partial charge in [0.05, 0.1) is 6.07 Å². The van der Waals surface area contributed by atoms with Gasteiger partial charge in [-0.05, 0) is 60.5 Å². The van der Waals surface area contributed by atoms with Crippen molar-refractivity contribution in [3.8, 4) is 11.8 Å². The molecule has 1 rings (SSSR count). The Morgan fingerprint density at radius 3 is 2.28 bits per heavy atom. The highest BCUT2D eigenvalue weighted by Gasteiger charge is 2.38. The molecule has 0 aliphatic rings. The van der Waals surface area contributed by atoms with E-state index in [2.05, 4.69) is 10.6 Å². The zero-order valence-corrected chi connectivity index (χ0v) is 22.0. The highest BCUT2D eigenvalue weighted by molar-refractivity contribution is 5.93. The number of nitriles is 1. The average molecular weight is 504 g/mol. The summed E-state index contributed by atoms with van der Waals surface area (Å²) in [5.74, 6) is -2.38. The minimum Gasteiger partial charge on any atom is -0.507 e. The Morgan fingerprint density at radius 1 is 1.17 bits per heavy atom. The average Bonchev–Trinajstić information content (AvgIpc) is 2.70. The second-order valence-electron chi connectivity index (χ2n) is 10.5. The summed E-state index contributed by atoms with van der Waals surface area (Å²) in [7, 11) is 0. The maximum atomic E-state index is 13.7. The fourth-order valence-electron chi connectivity index (χ4n) is 3.36. The van der Waals surface area contributed by atoms with Gasteiger partial charge in [0.25, 0.3) is 0 Å². The van der Waals surface area contributed by atoms with E-state index in [1.54, 1.807) is 60.6 Å². The summed E-state index contributed by atoms with van der Waals surface area (Å²) in [6, 6.07) is 3.85. The Labute approximate surface area is 212 Å². The van der Waals surface area contributed by atoms with Crippen molar-refractivity contribution in [2.75, 3.05) is 6.54 Å². The summed E-state index contributed by atoms with van der Waals surface area (Å²) in [6.07, 6.45) is -1.36. The maximum Gasteiger partial charge on any atom is 0.408 e. The van der Waals surface area contributed by atoms with Gasteiger partial charge in [-0.15, -0.1) is 0 Å². The van der Waals surface area contributed by atoms with Gasteiger partial charge in [0.1, 0.15) is 30.0 Å². The summed E-state index contributed by atoms with van der Waals surface area (Å²) in [5, 5.41) is 25.5. The van der Waals surface area contributed by atoms with Crippen LogP contribution in [0.15, 0.2) is 18.2 Å². The van der Waals surface area contributed by atoms with Gasteiger partial charge in [0.15, 0.2) is 0 Å². The molecule has 0 bridgehead atoms. The van der Waals surface area contributed by atoms with Crippen molar-refractivity contribution in [2.24, 2.45) is 5.73 Å². The van der Waals surface area contributed by atoms with Crippen molar-refractivity contribution in [1.82, 2.24) is 15.5 Å². The topological polar surface area (TPSA) is 175 Å². The predicted molar refractivity (Wildman–Crippen MR) is 132 cm³/mol. The minimum absolute atomic E-state index is 0.103. The second-order valence-corrected chi connectivity index (χ2v) is 10.5. The molecular weight excluding hydrogens is 466 g/mol. The van der Waals surface area contributed by atoms with Crippen LogP contribution in [0.2, 0.25) is 0 Å². The van der Waals surface area contributed by atoms with Crippen LogP contribution in [-0.4, -0.2) is 57.5 Å². The number of hydrogen-bond donors (Lipinski definition) is 4. The lowest BCUT2D eigenvalue weighted by molar-refractivity contribution is -0.142. The van der Waals surface area contributed by atoms with E-state index in [-0.39, 0.29) is 24.2 Å². The standard InChI is InChI=1S/C25H37N5O6/c1-15-9-8-10-16(20(15)32)19(21(33)29-24(2,3)4)30(14-13-26)22(34)17(11-12-18(27)31)28-23(35)36-25(5,6)7/h8-10,17,19,32H,11-12,14H2,1-7H3,(H2,27,31)(H,28,35)(H,29,33). The molecule has 0 aliphatic heterocycles. The third-order valence-electron chi connectivity index (χ3n) is 4.81. The molecule has 0 saturated heterocycles. The van der Waals surface area contributed by atoms with E-state index >= 15 is 0 Å². The van der Waals surface area contributed by atoms with Crippen LogP contribution in [0.25, 0.3) is 0 Å². The van der Waals surface area contributed by atoms with Gasteiger partial charge in [-0.2, -0.15) is 5.26 Å². The third kappa shape index (κ3) is 9.44. The number of hydrogen-bond acceptors (Lipinski definition) is 7. The Kier molecular flexibility index (Phi) is 10.3. The number of nitrogens with zero attached hydrogens (tertiary/aromatic N) is 2. The summed E-state index contributed by atoms with van der Waals surface area (Å²) >= 11 is 0. The number of benzene rings is 1. The molecule has 0 heterocycles. The number of ether oxygens (including phenoxy) is 1. The van der Waals surface area contributed by atoms with Crippen LogP contribution in [0.3, 0.4) is 0 Å². The first-order valence-electron chi connectivity index (χ1n) is 11.5. The Balaban J connectivity index is 3.57. The number of phenols is 1. The van der Waals surface area contributed by atoms with Crippen LogP contribution in [0.4, 0.5) is 4.79 Å². The fraction of sp³-hybridized carbons (Fsp3) is 0.560. The largest absolute Gasteiger partial charge is 0.507 e.